The first-order chi connectivity index (χ1) is 13.3. The third kappa shape index (κ3) is 4.13. The minimum Gasteiger partial charge on any atom is -0.497 e. The molecule has 0 bridgehead atoms. The summed E-state index contributed by atoms with van der Waals surface area (Å²) in [4.78, 5) is 0.0987. The summed E-state index contributed by atoms with van der Waals surface area (Å²) in [5, 5.41) is 0.440. The number of sulfonamides is 1. The number of benzene rings is 3. The summed E-state index contributed by atoms with van der Waals surface area (Å²) in [6.07, 6.45) is 0. The maximum absolute atomic E-state index is 13.4. The lowest BCUT2D eigenvalue weighted by Crippen LogP contribution is -2.33. The van der Waals surface area contributed by atoms with E-state index in [1.54, 1.807) is 38.3 Å². The van der Waals surface area contributed by atoms with E-state index in [1.807, 2.05) is 0 Å². The predicted octanol–water partition coefficient (Wildman–Crippen LogP) is 5.44. The molecule has 0 N–H and O–H groups in total. The molecule has 0 fully saturated rings. The van der Waals surface area contributed by atoms with E-state index in [-0.39, 0.29) is 4.90 Å². The van der Waals surface area contributed by atoms with Gasteiger partial charge in [0.15, 0.2) is 0 Å². The van der Waals surface area contributed by atoms with Crippen LogP contribution in [-0.2, 0) is 10.0 Å². The number of hydrogen-bond acceptors (Lipinski definition) is 3. The average molecular weight is 420 g/mol. The molecule has 146 valence electrons. The Labute approximate surface area is 169 Å². The van der Waals surface area contributed by atoms with Gasteiger partial charge in [0.2, 0.25) is 0 Å². The van der Waals surface area contributed by atoms with Gasteiger partial charge in [-0.1, -0.05) is 23.7 Å². The largest absolute Gasteiger partial charge is 0.497 e. The highest BCUT2D eigenvalue weighted by molar-refractivity contribution is 7.92. The van der Waals surface area contributed by atoms with Crippen molar-refractivity contribution in [2.75, 3.05) is 11.4 Å². The maximum Gasteiger partial charge on any atom is 0.264 e. The number of nitrogens with zero attached hydrogens (tertiary/aromatic N) is 1. The second-order valence-corrected chi connectivity index (χ2v) is 8.43. The standard InChI is InChI=1S/C21H19ClFNO3S/c1-15(16-3-11-20(27-2)12-4-16)24(19-9-7-18(23)8-10-19)28(25,26)21-13-5-17(22)6-14-21/h3-15H,1-2H3. The summed E-state index contributed by atoms with van der Waals surface area (Å²) in [6, 6.07) is 17.9. The fraction of sp³-hybridized carbons (Fsp3) is 0.143. The minimum atomic E-state index is -3.93. The molecule has 0 saturated carbocycles. The van der Waals surface area contributed by atoms with E-state index in [0.29, 0.717) is 16.5 Å². The van der Waals surface area contributed by atoms with Gasteiger partial charge < -0.3 is 4.74 Å². The molecule has 1 atom stereocenters. The molecule has 7 heteroatoms. The summed E-state index contributed by atoms with van der Waals surface area (Å²) >= 11 is 5.90. The summed E-state index contributed by atoms with van der Waals surface area (Å²) < 4.78 is 46.7. The molecule has 0 aliphatic carbocycles. The molecule has 0 aliphatic rings. The molecule has 0 heterocycles. The Morgan fingerprint density at radius 2 is 1.50 bits per heavy atom. The molecular weight excluding hydrogens is 401 g/mol. The Bertz CT molecular complexity index is 1040. The number of halogens is 2. The van der Waals surface area contributed by atoms with Crippen LogP contribution in [0, 0.1) is 5.82 Å². The number of hydrogen-bond donors (Lipinski definition) is 0. The van der Waals surface area contributed by atoms with Crippen molar-refractivity contribution in [2.24, 2.45) is 0 Å². The number of rotatable bonds is 6. The highest BCUT2D eigenvalue weighted by Gasteiger charge is 2.30. The van der Waals surface area contributed by atoms with Gasteiger partial charge in [-0.25, -0.2) is 12.8 Å². The number of methoxy groups -OCH3 is 1. The summed E-state index contributed by atoms with van der Waals surface area (Å²) in [7, 11) is -2.36. The lowest BCUT2D eigenvalue weighted by Gasteiger charge is -2.31. The summed E-state index contributed by atoms with van der Waals surface area (Å²) in [6.45, 7) is 1.78. The second-order valence-electron chi connectivity index (χ2n) is 6.18. The van der Waals surface area contributed by atoms with E-state index in [1.165, 1.54) is 52.8 Å². The first-order valence-corrected chi connectivity index (χ1v) is 10.3. The SMILES string of the molecule is COc1ccc(C(C)N(c2ccc(F)cc2)S(=O)(=O)c2ccc(Cl)cc2)cc1. The Balaban J connectivity index is 2.11. The molecule has 3 rings (SSSR count). The lowest BCUT2D eigenvalue weighted by atomic mass is 10.1. The molecule has 4 nitrogen and oxygen atoms in total. The molecule has 0 spiro atoms. The van der Waals surface area contributed by atoms with Crippen molar-refractivity contribution in [1.82, 2.24) is 0 Å². The first kappa shape index (κ1) is 20.2. The fourth-order valence-corrected chi connectivity index (χ4v) is 4.67. The van der Waals surface area contributed by atoms with Crippen LogP contribution in [0.2, 0.25) is 5.02 Å². The van der Waals surface area contributed by atoms with Gasteiger partial charge in [0.25, 0.3) is 10.0 Å². The van der Waals surface area contributed by atoms with Crippen LogP contribution >= 0.6 is 11.6 Å². The van der Waals surface area contributed by atoms with Crippen LogP contribution in [0.3, 0.4) is 0 Å². The van der Waals surface area contributed by atoms with E-state index in [9.17, 15) is 12.8 Å². The van der Waals surface area contributed by atoms with Crippen LogP contribution in [0.15, 0.2) is 77.7 Å². The van der Waals surface area contributed by atoms with Gasteiger partial charge in [0.05, 0.1) is 23.7 Å². The quantitative estimate of drug-likeness (QED) is 0.534. The molecular formula is C21H19ClFNO3S. The Morgan fingerprint density at radius 3 is 2.04 bits per heavy atom. The van der Waals surface area contributed by atoms with Gasteiger partial charge in [-0.15, -0.1) is 0 Å². The Morgan fingerprint density at radius 1 is 0.929 bits per heavy atom. The molecule has 0 saturated heterocycles. The van der Waals surface area contributed by atoms with Crippen LogP contribution in [0.25, 0.3) is 0 Å². The van der Waals surface area contributed by atoms with Gasteiger partial charge in [0, 0.05) is 5.02 Å². The van der Waals surface area contributed by atoms with Crippen molar-refractivity contribution >= 4 is 27.3 Å². The van der Waals surface area contributed by atoms with E-state index in [2.05, 4.69) is 0 Å². The van der Waals surface area contributed by atoms with Gasteiger partial charge in [-0.2, -0.15) is 0 Å². The predicted molar refractivity (Wildman–Crippen MR) is 109 cm³/mol. The van der Waals surface area contributed by atoms with Crippen molar-refractivity contribution in [1.29, 1.82) is 0 Å². The molecule has 1 unspecified atom stereocenters. The molecule has 3 aromatic carbocycles. The molecule has 0 aliphatic heterocycles. The van der Waals surface area contributed by atoms with Crippen molar-refractivity contribution in [3.63, 3.8) is 0 Å². The number of ether oxygens (including phenoxy) is 1. The topological polar surface area (TPSA) is 46.6 Å². The minimum absolute atomic E-state index is 0.0987. The number of anilines is 1. The summed E-state index contributed by atoms with van der Waals surface area (Å²) in [5.74, 6) is 0.231. The van der Waals surface area contributed by atoms with Gasteiger partial charge >= 0.3 is 0 Å². The molecule has 0 amide bonds. The zero-order chi connectivity index (χ0) is 20.3. The molecule has 0 radical (unpaired) electrons. The van der Waals surface area contributed by atoms with Crippen LogP contribution in [0.5, 0.6) is 5.75 Å². The lowest BCUT2D eigenvalue weighted by molar-refractivity contribution is 0.414. The average Bonchev–Trinajstić information content (AvgIpc) is 2.70. The van der Waals surface area contributed by atoms with Crippen molar-refractivity contribution in [2.45, 2.75) is 17.9 Å². The normalized spacial score (nSPS) is 12.4. The van der Waals surface area contributed by atoms with E-state index < -0.39 is 21.9 Å². The molecule has 3 aromatic rings. The first-order valence-electron chi connectivity index (χ1n) is 8.52. The van der Waals surface area contributed by atoms with Crippen molar-refractivity contribution < 1.29 is 17.5 Å². The van der Waals surface area contributed by atoms with Crippen molar-refractivity contribution in [3.8, 4) is 5.75 Å². The maximum atomic E-state index is 13.4. The smallest absolute Gasteiger partial charge is 0.264 e. The van der Waals surface area contributed by atoms with Gasteiger partial charge in [0.1, 0.15) is 11.6 Å². The van der Waals surface area contributed by atoms with Crippen LogP contribution in [0.4, 0.5) is 10.1 Å². The third-order valence-electron chi connectivity index (χ3n) is 4.40. The highest BCUT2D eigenvalue weighted by Crippen LogP contribution is 2.34. The molecule has 28 heavy (non-hydrogen) atoms. The highest BCUT2D eigenvalue weighted by atomic mass is 35.5. The van der Waals surface area contributed by atoms with Gasteiger partial charge in [-0.05, 0) is 73.2 Å². The van der Waals surface area contributed by atoms with E-state index in [4.69, 9.17) is 16.3 Å². The third-order valence-corrected chi connectivity index (χ3v) is 6.57. The molecule has 0 aromatic heterocycles. The van der Waals surface area contributed by atoms with E-state index in [0.717, 1.165) is 5.56 Å². The monoisotopic (exact) mass is 419 g/mol. The van der Waals surface area contributed by atoms with Crippen molar-refractivity contribution in [3.05, 3.63) is 89.2 Å². The fourth-order valence-electron chi connectivity index (χ4n) is 2.90. The van der Waals surface area contributed by atoms with E-state index >= 15 is 0 Å². The summed E-state index contributed by atoms with van der Waals surface area (Å²) in [5.41, 5.74) is 1.13. The van der Waals surface area contributed by atoms with Gasteiger partial charge in [-0.3, -0.25) is 4.31 Å². The Kier molecular flexibility index (Phi) is 5.91. The second kappa shape index (κ2) is 8.20. The Hall–Kier alpha value is -2.57. The zero-order valence-corrected chi connectivity index (χ0v) is 16.9. The van der Waals surface area contributed by atoms with Crippen LogP contribution in [0.1, 0.15) is 18.5 Å². The van der Waals surface area contributed by atoms with Crippen LogP contribution in [-0.4, -0.2) is 15.5 Å². The van der Waals surface area contributed by atoms with Crippen LogP contribution < -0.4 is 9.04 Å². The zero-order valence-electron chi connectivity index (χ0n) is 15.3.